The first kappa shape index (κ1) is 18.2. The van der Waals surface area contributed by atoms with Gasteiger partial charge < -0.3 is 10.6 Å². The number of hydrogen-bond donors (Lipinski definition) is 2. The van der Waals surface area contributed by atoms with Crippen molar-refractivity contribution >= 4 is 17.3 Å². The van der Waals surface area contributed by atoms with E-state index in [2.05, 4.69) is 25.7 Å². The van der Waals surface area contributed by atoms with Crippen molar-refractivity contribution in [2.75, 3.05) is 13.1 Å². The molecule has 0 atom stereocenters. The number of halogens is 3. The number of aromatic nitrogens is 3. The predicted octanol–water partition coefficient (Wildman–Crippen LogP) is 2.19. The molecule has 2 rings (SSSR count). The van der Waals surface area contributed by atoms with Gasteiger partial charge in [0.05, 0.1) is 12.7 Å². The van der Waals surface area contributed by atoms with Crippen molar-refractivity contribution < 1.29 is 13.2 Å². The van der Waals surface area contributed by atoms with Gasteiger partial charge in [0.1, 0.15) is 5.01 Å². The van der Waals surface area contributed by atoms with Crippen molar-refractivity contribution in [2.45, 2.75) is 26.1 Å². The fraction of sp³-hybridized carbons (Fsp3) is 0.500. The molecule has 0 spiro atoms. The van der Waals surface area contributed by atoms with Crippen molar-refractivity contribution in [2.24, 2.45) is 12.0 Å². The Morgan fingerprint density at radius 3 is 2.75 bits per heavy atom. The summed E-state index contributed by atoms with van der Waals surface area (Å²) in [5.41, 5.74) is 0.225. The Morgan fingerprint density at radius 1 is 1.38 bits per heavy atom. The zero-order valence-electron chi connectivity index (χ0n) is 13.4. The number of guanidine groups is 1. The fourth-order valence-corrected chi connectivity index (χ4v) is 2.65. The van der Waals surface area contributed by atoms with Gasteiger partial charge in [0.15, 0.2) is 11.7 Å². The lowest BCUT2D eigenvalue weighted by Gasteiger charge is -2.10. The van der Waals surface area contributed by atoms with E-state index in [1.807, 2.05) is 20.2 Å². The summed E-state index contributed by atoms with van der Waals surface area (Å²) in [4.78, 5) is 7.83. The average Bonchev–Trinajstić information content (AvgIpc) is 3.13. The highest BCUT2D eigenvalue weighted by molar-refractivity contribution is 7.09. The molecule has 0 aliphatic rings. The third-order valence-electron chi connectivity index (χ3n) is 3.02. The van der Waals surface area contributed by atoms with E-state index < -0.39 is 11.9 Å². The highest BCUT2D eigenvalue weighted by Gasteiger charge is 2.33. The standard InChI is InChI=1S/C14H19F3N6S/c1-3-18-13(19-5-4-10-6-21-23(2)8-10)20-7-12-22-11(9-24-12)14(15,16)17/h6,8-9H,3-5,7H2,1-2H3,(H2,18,19,20). The lowest BCUT2D eigenvalue weighted by molar-refractivity contribution is -0.140. The van der Waals surface area contributed by atoms with Gasteiger partial charge in [0.2, 0.25) is 0 Å². The Hall–Kier alpha value is -2.10. The van der Waals surface area contributed by atoms with E-state index in [0.717, 1.165) is 28.7 Å². The lowest BCUT2D eigenvalue weighted by Crippen LogP contribution is -2.38. The van der Waals surface area contributed by atoms with Crippen molar-refractivity contribution in [1.29, 1.82) is 0 Å². The molecule has 10 heteroatoms. The Morgan fingerprint density at radius 2 is 2.17 bits per heavy atom. The van der Waals surface area contributed by atoms with Crippen molar-refractivity contribution in [3.63, 3.8) is 0 Å². The minimum absolute atomic E-state index is 0.100. The molecule has 2 aromatic heterocycles. The third-order valence-corrected chi connectivity index (χ3v) is 3.86. The second-order valence-corrected chi connectivity index (χ2v) is 5.96. The quantitative estimate of drug-likeness (QED) is 0.612. The number of rotatable bonds is 6. The normalized spacial score (nSPS) is 12.5. The molecular weight excluding hydrogens is 341 g/mol. The van der Waals surface area contributed by atoms with E-state index in [9.17, 15) is 13.2 Å². The monoisotopic (exact) mass is 360 g/mol. The molecule has 0 radical (unpaired) electrons. The molecule has 0 fully saturated rings. The molecule has 132 valence electrons. The Bertz CT molecular complexity index is 676. The number of nitrogens with zero attached hydrogens (tertiary/aromatic N) is 4. The summed E-state index contributed by atoms with van der Waals surface area (Å²) in [6.45, 7) is 3.32. The first-order valence-corrected chi connectivity index (χ1v) is 8.27. The molecular formula is C14H19F3N6S. The van der Waals surface area contributed by atoms with Gasteiger partial charge in [-0.2, -0.15) is 18.3 Å². The zero-order valence-corrected chi connectivity index (χ0v) is 14.2. The summed E-state index contributed by atoms with van der Waals surface area (Å²) in [6, 6.07) is 0. The van der Waals surface area contributed by atoms with Crippen LogP contribution in [0.1, 0.15) is 23.2 Å². The van der Waals surface area contributed by atoms with Crippen LogP contribution >= 0.6 is 11.3 Å². The van der Waals surface area contributed by atoms with Crippen molar-refractivity contribution in [3.8, 4) is 0 Å². The molecule has 0 bridgehead atoms. The first-order valence-electron chi connectivity index (χ1n) is 7.39. The van der Waals surface area contributed by atoms with Gasteiger partial charge in [-0.1, -0.05) is 0 Å². The van der Waals surface area contributed by atoms with Crippen LogP contribution in [0.5, 0.6) is 0 Å². The van der Waals surface area contributed by atoms with E-state index in [4.69, 9.17) is 0 Å². The minimum Gasteiger partial charge on any atom is -0.357 e. The Labute approximate surface area is 141 Å². The van der Waals surface area contributed by atoms with Gasteiger partial charge in [-0.15, -0.1) is 11.3 Å². The fourth-order valence-electron chi connectivity index (χ4n) is 1.93. The molecule has 0 amide bonds. The second kappa shape index (κ2) is 8.13. The SMILES string of the molecule is CCNC(=NCc1nc(C(F)(F)F)cs1)NCCc1cnn(C)c1. The highest BCUT2D eigenvalue weighted by atomic mass is 32.1. The minimum atomic E-state index is -4.41. The van der Waals surface area contributed by atoms with Crippen LogP contribution in [0.15, 0.2) is 22.8 Å². The maximum Gasteiger partial charge on any atom is 0.434 e. The van der Waals surface area contributed by atoms with Crippen LogP contribution in [-0.4, -0.2) is 33.8 Å². The Kier molecular flexibility index (Phi) is 6.18. The number of thiazole rings is 1. The molecule has 0 aliphatic heterocycles. The third kappa shape index (κ3) is 5.52. The smallest absolute Gasteiger partial charge is 0.357 e. The van der Waals surface area contributed by atoms with Gasteiger partial charge in [-0.25, -0.2) is 9.98 Å². The van der Waals surface area contributed by atoms with Crippen molar-refractivity contribution in [3.05, 3.63) is 34.0 Å². The summed E-state index contributed by atoms with van der Waals surface area (Å²) >= 11 is 0.955. The molecule has 0 saturated heterocycles. The van der Waals surface area contributed by atoms with E-state index in [-0.39, 0.29) is 6.54 Å². The first-order chi connectivity index (χ1) is 11.4. The summed E-state index contributed by atoms with van der Waals surface area (Å²) in [5.74, 6) is 0.546. The van der Waals surface area contributed by atoms with Crippen LogP contribution in [0.4, 0.5) is 13.2 Å². The summed E-state index contributed by atoms with van der Waals surface area (Å²) in [6.07, 6.45) is 0.0820. The van der Waals surface area contributed by atoms with Gasteiger partial charge in [-0.05, 0) is 18.9 Å². The average molecular weight is 360 g/mol. The molecule has 0 aliphatic carbocycles. The maximum atomic E-state index is 12.5. The second-order valence-electron chi connectivity index (χ2n) is 5.02. The van der Waals surface area contributed by atoms with E-state index >= 15 is 0 Å². The topological polar surface area (TPSA) is 67.1 Å². The van der Waals surface area contributed by atoms with Gasteiger partial charge in [0.25, 0.3) is 0 Å². The van der Waals surface area contributed by atoms with E-state index in [0.29, 0.717) is 24.1 Å². The number of aryl methyl sites for hydroxylation is 1. The molecule has 24 heavy (non-hydrogen) atoms. The molecule has 0 saturated carbocycles. The zero-order chi connectivity index (χ0) is 17.6. The molecule has 2 aromatic rings. The number of hydrogen-bond acceptors (Lipinski definition) is 4. The maximum absolute atomic E-state index is 12.5. The summed E-state index contributed by atoms with van der Waals surface area (Å²) < 4.78 is 39.3. The highest BCUT2D eigenvalue weighted by Crippen LogP contribution is 2.30. The van der Waals surface area contributed by atoms with Crippen LogP contribution in [-0.2, 0) is 26.2 Å². The lowest BCUT2D eigenvalue weighted by atomic mass is 10.2. The van der Waals surface area contributed by atoms with Gasteiger partial charge >= 0.3 is 6.18 Å². The van der Waals surface area contributed by atoms with Gasteiger partial charge in [-0.3, -0.25) is 4.68 Å². The number of alkyl halides is 3. The van der Waals surface area contributed by atoms with Crippen LogP contribution in [0.25, 0.3) is 0 Å². The number of aliphatic imine (C=N–C) groups is 1. The van der Waals surface area contributed by atoms with Crippen LogP contribution in [0, 0.1) is 0 Å². The van der Waals surface area contributed by atoms with E-state index in [1.165, 1.54) is 0 Å². The molecule has 2 heterocycles. The molecule has 2 N–H and O–H groups in total. The summed E-state index contributed by atoms with van der Waals surface area (Å²) in [7, 11) is 1.85. The van der Waals surface area contributed by atoms with Crippen LogP contribution in [0.3, 0.4) is 0 Å². The van der Waals surface area contributed by atoms with Crippen LogP contribution < -0.4 is 10.6 Å². The molecule has 6 nitrogen and oxygen atoms in total. The predicted molar refractivity (Wildman–Crippen MR) is 86.8 cm³/mol. The largest absolute Gasteiger partial charge is 0.434 e. The Balaban J connectivity index is 1.89. The van der Waals surface area contributed by atoms with Gasteiger partial charge in [0, 0.05) is 31.7 Å². The van der Waals surface area contributed by atoms with Crippen LogP contribution in [0.2, 0.25) is 0 Å². The van der Waals surface area contributed by atoms with Crippen molar-refractivity contribution in [1.82, 2.24) is 25.4 Å². The van der Waals surface area contributed by atoms with E-state index in [1.54, 1.807) is 10.9 Å². The summed E-state index contributed by atoms with van der Waals surface area (Å²) in [5, 5.41) is 11.6. The number of nitrogens with one attached hydrogen (secondary N) is 2. The molecule has 0 unspecified atom stereocenters. The molecule has 0 aromatic carbocycles.